The van der Waals surface area contributed by atoms with E-state index in [4.69, 9.17) is 4.74 Å². The number of benzene rings is 1. The fourth-order valence-electron chi connectivity index (χ4n) is 3.89. The van der Waals surface area contributed by atoms with Gasteiger partial charge >= 0.3 is 18.4 Å². The highest BCUT2D eigenvalue weighted by atomic mass is 31.2. The summed E-state index contributed by atoms with van der Waals surface area (Å²) in [5, 5.41) is 5.08. The minimum atomic E-state index is -5.68. The smallest absolute Gasteiger partial charge is 0.416 e. The number of carbonyl (C=O) groups is 2. The molecule has 1 aromatic rings. The van der Waals surface area contributed by atoms with Crippen LogP contribution in [0.2, 0.25) is 0 Å². The third-order valence-electron chi connectivity index (χ3n) is 6.04. The Hall–Kier alpha value is -2.19. The normalized spacial score (nSPS) is 26.9. The van der Waals surface area contributed by atoms with Gasteiger partial charge in [0.2, 0.25) is 0 Å². The first-order valence-electron chi connectivity index (χ1n) is 10.1. The van der Waals surface area contributed by atoms with Gasteiger partial charge in [0.25, 0.3) is 5.91 Å². The van der Waals surface area contributed by atoms with Gasteiger partial charge < -0.3 is 29.7 Å². The number of amides is 3. The molecule has 1 aromatic carbocycles. The standard InChI is InChI=1S/C19H22F6N3O6P/c1-10(11-5-12(18(20,21)22)7-13(6-11)19(23,24)25)34-9-16(2)3-4-17(8-26-16)14(29)28(15(30)27-17)35(31,32)33/h5-7,10,26H,3-4,8-9H2,1-2H3,(H,27,30)(H2,31,32,33)/p-2/t10-,16-,17-/m1/s1. The topological polar surface area (TPSA) is 134 Å². The molecule has 3 rings (SSSR count). The number of nitrogens with zero attached hydrogens (tertiary/aromatic N) is 1. The number of carbonyl (C=O) groups excluding carboxylic acids is 2. The minimum absolute atomic E-state index is 0.0124. The van der Waals surface area contributed by atoms with Crippen molar-refractivity contribution in [1.29, 1.82) is 0 Å². The lowest BCUT2D eigenvalue weighted by Gasteiger charge is -2.43. The maximum Gasteiger partial charge on any atom is 0.416 e. The van der Waals surface area contributed by atoms with Crippen LogP contribution in [0.5, 0.6) is 0 Å². The summed E-state index contributed by atoms with van der Waals surface area (Å²) in [5.41, 5.74) is -5.93. The zero-order valence-electron chi connectivity index (χ0n) is 18.2. The molecular formula is C19H20F6N3O6P-2. The molecule has 16 heteroatoms. The van der Waals surface area contributed by atoms with Gasteiger partial charge in [0.15, 0.2) is 0 Å². The first kappa shape index (κ1) is 27.4. The van der Waals surface area contributed by atoms with Crippen molar-refractivity contribution in [1.82, 2.24) is 15.3 Å². The van der Waals surface area contributed by atoms with Crippen LogP contribution in [0.3, 0.4) is 0 Å². The largest absolute Gasteiger partial charge is 0.794 e. The molecule has 0 unspecified atom stereocenters. The van der Waals surface area contributed by atoms with Crippen molar-refractivity contribution in [3.63, 3.8) is 0 Å². The maximum absolute atomic E-state index is 13.1. The third-order valence-corrected chi connectivity index (χ3v) is 6.89. The van der Waals surface area contributed by atoms with Crippen molar-refractivity contribution in [2.45, 2.75) is 56.2 Å². The van der Waals surface area contributed by atoms with Crippen LogP contribution < -0.4 is 20.4 Å². The summed E-state index contributed by atoms with van der Waals surface area (Å²) in [5.74, 6) is -1.23. The predicted octanol–water partition coefficient (Wildman–Crippen LogP) is 2.06. The Bertz CT molecular complexity index is 1030. The van der Waals surface area contributed by atoms with Gasteiger partial charge in [-0.25, -0.2) is 9.46 Å². The third kappa shape index (κ3) is 5.64. The maximum atomic E-state index is 13.1. The van der Waals surface area contributed by atoms with Gasteiger partial charge in [-0.15, -0.1) is 0 Å². The van der Waals surface area contributed by atoms with E-state index < -0.39 is 60.3 Å². The number of alkyl halides is 6. The average molecular weight is 531 g/mol. The Labute approximate surface area is 195 Å². The second-order valence-corrected chi connectivity index (χ2v) is 10.1. The molecule has 35 heavy (non-hydrogen) atoms. The predicted molar refractivity (Wildman–Crippen MR) is 102 cm³/mol. The van der Waals surface area contributed by atoms with Crippen LogP contribution in [0.15, 0.2) is 18.2 Å². The molecule has 2 aliphatic rings. The molecule has 2 fully saturated rings. The fourth-order valence-corrected chi connectivity index (χ4v) is 4.58. The van der Waals surface area contributed by atoms with Gasteiger partial charge in [0, 0.05) is 19.8 Å². The number of halogens is 6. The quantitative estimate of drug-likeness (QED) is 0.338. The number of hydrogen-bond donors (Lipinski definition) is 2. The molecule has 0 aromatic heterocycles. The lowest BCUT2D eigenvalue weighted by atomic mass is 9.81. The van der Waals surface area contributed by atoms with E-state index in [1.54, 1.807) is 6.92 Å². The zero-order valence-corrected chi connectivity index (χ0v) is 19.1. The molecular weight excluding hydrogens is 511 g/mol. The molecule has 9 nitrogen and oxygen atoms in total. The van der Waals surface area contributed by atoms with E-state index in [-0.39, 0.29) is 42.3 Å². The van der Waals surface area contributed by atoms with Gasteiger partial charge in [0.1, 0.15) is 5.54 Å². The fraction of sp³-hybridized carbons (Fsp3) is 0.579. The molecule has 0 aliphatic carbocycles. The van der Waals surface area contributed by atoms with Gasteiger partial charge in [0.05, 0.1) is 23.8 Å². The number of nitrogens with one attached hydrogen (secondary N) is 2. The Kier molecular flexibility index (Phi) is 6.83. The van der Waals surface area contributed by atoms with E-state index in [9.17, 15) is 50.3 Å². The number of hydrogen-bond acceptors (Lipinski definition) is 7. The first-order chi connectivity index (χ1) is 15.8. The van der Waals surface area contributed by atoms with Crippen molar-refractivity contribution in [2.75, 3.05) is 13.2 Å². The van der Waals surface area contributed by atoms with Crippen LogP contribution in [0.1, 0.15) is 49.5 Å². The van der Waals surface area contributed by atoms with Crippen LogP contribution >= 0.6 is 7.75 Å². The van der Waals surface area contributed by atoms with Crippen molar-refractivity contribution in [2.24, 2.45) is 0 Å². The minimum Gasteiger partial charge on any atom is -0.794 e. The Morgan fingerprint density at radius 1 is 1.09 bits per heavy atom. The summed E-state index contributed by atoms with van der Waals surface area (Å²) < 4.78 is 95.1. The highest BCUT2D eigenvalue weighted by Gasteiger charge is 2.55. The van der Waals surface area contributed by atoms with Crippen molar-refractivity contribution < 1.29 is 55.0 Å². The Morgan fingerprint density at radius 2 is 1.63 bits per heavy atom. The second-order valence-electron chi connectivity index (χ2n) is 8.80. The highest BCUT2D eigenvalue weighted by Crippen LogP contribution is 2.41. The molecule has 0 bridgehead atoms. The molecule has 2 heterocycles. The number of ether oxygens (including phenoxy) is 1. The zero-order chi connectivity index (χ0) is 26.6. The Morgan fingerprint density at radius 3 is 2.03 bits per heavy atom. The number of rotatable bonds is 5. The number of piperidine rings is 1. The molecule has 0 saturated carbocycles. The lowest BCUT2D eigenvalue weighted by Crippen LogP contribution is -2.64. The van der Waals surface area contributed by atoms with E-state index in [0.717, 1.165) is 0 Å². The van der Waals surface area contributed by atoms with Gasteiger partial charge in [-0.2, -0.15) is 26.3 Å². The summed E-state index contributed by atoms with van der Waals surface area (Å²) in [7, 11) is -5.68. The molecule has 196 valence electrons. The monoisotopic (exact) mass is 531 g/mol. The van der Waals surface area contributed by atoms with E-state index in [1.807, 2.05) is 0 Å². The summed E-state index contributed by atoms with van der Waals surface area (Å²) in [4.78, 5) is 46.7. The second kappa shape index (κ2) is 8.73. The van der Waals surface area contributed by atoms with Gasteiger partial charge in [-0.1, -0.05) is 0 Å². The van der Waals surface area contributed by atoms with Crippen LogP contribution in [-0.2, 0) is 26.4 Å². The van der Waals surface area contributed by atoms with Crippen molar-refractivity contribution in [3.8, 4) is 0 Å². The van der Waals surface area contributed by atoms with Gasteiger partial charge in [-0.05, 0) is 50.5 Å². The number of urea groups is 1. The van der Waals surface area contributed by atoms with Crippen molar-refractivity contribution >= 4 is 19.7 Å². The molecule has 3 atom stereocenters. The van der Waals surface area contributed by atoms with E-state index in [1.165, 1.54) is 6.92 Å². The highest BCUT2D eigenvalue weighted by molar-refractivity contribution is 7.48. The van der Waals surface area contributed by atoms with Crippen LogP contribution in [-0.4, -0.2) is 40.8 Å². The summed E-state index contributed by atoms with van der Waals surface area (Å²) in [6.07, 6.45) is -11.2. The lowest BCUT2D eigenvalue weighted by molar-refractivity contribution is -0.324. The van der Waals surface area contributed by atoms with E-state index >= 15 is 0 Å². The van der Waals surface area contributed by atoms with Gasteiger partial charge in [-0.3, -0.25) is 4.79 Å². The molecule has 2 saturated heterocycles. The molecule has 1 spiro atoms. The van der Waals surface area contributed by atoms with Crippen LogP contribution in [0.4, 0.5) is 31.1 Å². The Balaban J connectivity index is 1.71. The molecule has 3 amide bonds. The summed E-state index contributed by atoms with van der Waals surface area (Å²) >= 11 is 0. The van der Waals surface area contributed by atoms with E-state index in [0.29, 0.717) is 12.1 Å². The molecule has 0 radical (unpaired) electrons. The first-order valence-corrected chi connectivity index (χ1v) is 11.6. The molecule has 2 aliphatic heterocycles. The summed E-state index contributed by atoms with van der Waals surface area (Å²) in [6.45, 7) is 2.38. The summed E-state index contributed by atoms with van der Waals surface area (Å²) in [6, 6.07) is -0.226. The average Bonchev–Trinajstić information content (AvgIpc) is 2.97. The molecule has 2 N–H and O–H groups in total. The SMILES string of the molecule is C[C@@H](OC[C@@]1(C)CC[C@]2(CN1)NC(=O)N(P(=O)([O-])[O-])C2=O)c1cc(C(F)(F)F)cc(C(F)(F)F)c1. The van der Waals surface area contributed by atoms with Crippen LogP contribution in [0.25, 0.3) is 0 Å². The van der Waals surface area contributed by atoms with Crippen molar-refractivity contribution in [3.05, 3.63) is 34.9 Å². The van der Waals surface area contributed by atoms with E-state index in [2.05, 4.69) is 10.6 Å². The van der Waals surface area contributed by atoms with Crippen LogP contribution in [0, 0.1) is 0 Å². The number of imide groups is 1.